The van der Waals surface area contributed by atoms with E-state index < -0.39 is 0 Å². The third kappa shape index (κ3) is 4.01. The van der Waals surface area contributed by atoms with Crippen LogP contribution in [0.2, 0.25) is 0 Å². The van der Waals surface area contributed by atoms with E-state index in [-0.39, 0.29) is 0 Å². The molecule has 2 aromatic carbocycles. The molecule has 5 aromatic rings. The van der Waals surface area contributed by atoms with Crippen molar-refractivity contribution in [3.8, 4) is 22.0 Å². The second-order valence-electron chi connectivity index (χ2n) is 8.86. The smallest absolute Gasteiger partial charge is 0.228 e. The standard InChI is InChI=1S/C27H27N7OS/c1-18-6-3-8-20(16-18)34-25(28)23-24(22-10-5-15-36-22)29-27(30-26(23)31-34)33-13-11-32(12-14-33)19-7-4-9-21(17-19)35-2/h3-10,15-17H,11-14,28H2,1-2H3. The molecule has 2 N–H and O–H groups in total. The zero-order chi connectivity index (χ0) is 24.6. The van der Waals surface area contributed by atoms with Crippen LogP contribution in [0, 0.1) is 6.92 Å². The number of aryl methyl sites for hydroxylation is 1. The van der Waals surface area contributed by atoms with E-state index in [0.717, 1.165) is 64.8 Å². The molecule has 9 heteroatoms. The molecule has 0 amide bonds. The van der Waals surface area contributed by atoms with E-state index in [4.69, 9.17) is 25.5 Å². The fraction of sp³-hybridized carbons (Fsp3) is 0.222. The van der Waals surface area contributed by atoms with Gasteiger partial charge >= 0.3 is 0 Å². The van der Waals surface area contributed by atoms with Gasteiger partial charge in [0.1, 0.15) is 11.6 Å². The van der Waals surface area contributed by atoms with Gasteiger partial charge in [-0.2, -0.15) is 4.98 Å². The summed E-state index contributed by atoms with van der Waals surface area (Å²) in [6.45, 7) is 5.40. The fourth-order valence-corrected chi connectivity index (χ4v) is 5.38. The van der Waals surface area contributed by atoms with Crippen molar-refractivity contribution in [3.05, 3.63) is 71.6 Å². The highest BCUT2D eigenvalue weighted by atomic mass is 32.1. The van der Waals surface area contributed by atoms with Crippen LogP contribution in [0.1, 0.15) is 5.56 Å². The number of methoxy groups -OCH3 is 1. The number of piperazine rings is 1. The highest BCUT2D eigenvalue weighted by Gasteiger charge is 2.24. The number of hydrogen-bond acceptors (Lipinski definition) is 8. The SMILES string of the molecule is COc1cccc(N2CCN(c3nc(-c4cccs4)c4c(N)n(-c5cccc(C)c5)nc4n3)CC2)c1. The molecular formula is C27H27N7OS. The Morgan fingerprint density at radius 2 is 1.67 bits per heavy atom. The lowest BCUT2D eigenvalue weighted by molar-refractivity contribution is 0.414. The summed E-state index contributed by atoms with van der Waals surface area (Å²) in [5, 5.41) is 7.67. The van der Waals surface area contributed by atoms with E-state index in [1.807, 2.05) is 30.3 Å². The van der Waals surface area contributed by atoms with Crippen LogP contribution in [-0.4, -0.2) is 53.0 Å². The van der Waals surface area contributed by atoms with E-state index in [1.165, 1.54) is 0 Å². The molecule has 0 radical (unpaired) electrons. The first kappa shape index (κ1) is 22.4. The van der Waals surface area contributed by atoms with Gasteiger partial charge < -0.3 is 20.3 Å². The van der Waals surface area contributed by atoms with Crippen molar-refractivity contribution in [1.82, 2.24) is 19.7 Å². The first-order valence-corrected chi connectivity index (χ1v) is 12.8. The van der Waals surface area contributed by atoms with Gasteiger partial charge in [-0.25, -0.2) is 9.67 Å². The molecule has 0 unspecified atom stereocenters. The lowest BCUT2D eigenvalue weighted by Gasteiger charge is -2.36. The number of thiophene rings is 1. The number of fused-ring (bicyclic) bond motifs is 1. The summed E-state index contributed by atoms with van der Waals surface area (Å²) in [5.74, 6) is 2.10. The number of rotatable bonds is 5. The largest absolute Gasteiger partial charge is 0.497 e. The molecule has 36 heavy (non-hydrogen) atoms. The van der Waals surface area contributed by atoms with Gasteiger partial charge in [0.15, 0.2) is 5.65 Å². The van der Waals surface area contributed by atoms with E-state index >= 15 is 0 Å². The van der Waals surface area contributed by atoms with Gasteiger partial charge in [-0.3, -0.25) is 0 Å². The number of aromatic nitrogens is 4. The maximum absolute atomic E-state index is 6.66. The molecule has 1 aliphatic rings. The van der Waals surface area contributed by atoms with Gasteiger partial charge in [0.2, 0.25) is 5.95 Å². The average molecular weight is 498 g/mol. The molecule has 1 aliphatic heterocycles. The van der Waals surface area contributed by atoms with Crippen LogP contribution >= 0.6 is 11.3 Å². The summed E-state index contributed by atoms with van der Waals surface area (Å²) in [6.07, 6.45) is 0. The molecule has 0 bridgehead atoms. The zero-order valence-electron chi connectivity index (χ0n) is 20.3. The molecule has 6 rings (SSSR count). The van der Waals surface area contributed by atoms with Gasteiger partial charge in [-0.15, -0.1) is 16.4 Å². The molecule has 0 spiro atoms. The molecule has 182 valence electrons. The average Bonchev–Trinajstić information content (AvgIpc) is 3.57. The van der Waals surface area contributed by atoms with Crippen LogP contribution < -0.4 is 20.3 Å². The van der Waals surface area contributed by atoms with Crippen LogP contribution in [0.3, 0.4) is 0 Å². The quantitative estimate of drug-likeness (QED) is 0.374. The molecule has 1 saturated heterocycles. The normalized spacial score (nSPS) is 13.9. The van der Waals surface area contributed by atoms with Crippen molar-refractivity contribution in [3.63, 3.8) is 0 Å². The van der Waals surface area contributed by atoms with E-state index in [1.54, 1.807) is 23.1 Å². The minimum atomic E-state index is 0.549. The van der Waals surface area contributed by atoms with Gasteiger partial charge in [0, 0.05) is 37.9 Å². The molecule has 1 fully saturated rings. The highest BCUT2D eigenvalue weighted by molar-refractivity contribution is 7.13. The Kier molecular flexibility index (Phi) is 5.69. The van der Waals surface area contributed by atoms with E-state index in [9.17, 15) is 0 Å². The van der Waals surface area contributed by atoms with E-state index in [0.29, 0.717) is 17.4 Å². The molecule has 3 aromatic heterocycles. The first-order valence-electron chi connectivity index (χ1n) is 11.9. The molecule has 8 nitrogen and oxygen atoms in total. The summed E-state index contributed by atoms with van der Waals surface area (Å²) in [6, 6.07) is 20.4. The Labute approximate surface area is 213 Å². The van der Waals surface area contributed by atoms with Gasteiger partial charge in [-0.1, -0.05) is 24.3 Å². The third-order valence-electron chi connectivity index (χ3n) is 6.54. The van der Waals surface area contributed by atoms with Crippen LogP contribution in [0.4, 0.5) is 17.5 Å². The Morgan fingerprint density at radius 3 is 2.42 bits per heavy atom. The van der Waals surface area contributed by atoms with Crippen molar-refractivity contribution in [2.45, 2.75) is 6.92 Å². The van der Waals surface area contributed by atoms with Crippen molar-refractivity contribution < 1.29 is 4.74 Å². The van der Waals surface area contributed by atoms with Crippen molar-refractivity contribution in [2.24, 2.45) is 0 Å². The van der Waals surface area contributed by atoms with Crippen molar-refractivity contribution in [2.75, 3.05) is 48.8 Å². The van der Waals surface area contributed by atoms with Gasteiger partial charge in [0.05, 0.1) is 28.8 Å². The Balaban J connectivity index is 1.37. The topological polar surface area (TPSA) is 85.3 Å². The summed E-state index contributed by atoms with van der Waals surface area (Å²) < 4.78 is 7.17. The maximum Gasteiger partial charge on any atom is 0.228 e. The summed E-state index contributed by atoms with van der Waals surface area (Å²) in [5.41, 5.74) is 11.3. The Hall–Kier alpha value is -4.11. The lowest BCUT2D eigenvalue weighted by Crippen LogP contribution is -2.47. The van der Waals surface area contributed by atoms with Crippen LogP contribution in [0.25, 0.3) is 27.3 Å². The minimum Gasteiger partial charge on any atom is -0.497 e. The Bertz CT molecular complexity index is 1520. The maximum atomic E-state index is 6.66. The second-order valence-corrected chi connectivity index (χ2v) is 9.81. The second kappa shape index (κ2) is 9.16. The van der Waals surface area contributed by atoms with Crippen LogP contribution in [-0.2, 0) is 0 Å². The predicted molar refractivity (Wildman–Crippen MR) is 147 cm³/mol. The van der Waals surface area contributed by atoms with Crippen molar-refractivity contribution in [1.29, 1.82) is 0 Å². The number of hydrogen-bond donors (Lipinski definition) is 1. The third-order valence-corrected chi connectivity index (χ3v) is 7.42. The molecular weight excluding hydrogens is 470 g/mol. The zero-order valence-corrected chi connectivity index (χ0v) is 21.1. The summed E-state index contributed by atoms with van der Waals surface area (Å²) in [7, 11) is 1.70. The Morgan fingerprint density at radius 1 is 0.889 bits per heavy atom. The fourth-order valence-electron chi connectivity index (χ4n) is 4.66. The summed E-state index contributed by atoms with van der Waals surface area (Å²) in [4.78, 5) is 15.6. The number of nitrogens with zero attached hydrogens (tertiary/aromatic N) is 6. The number of nitrogens with two attached hydrogens (primary N) is 1. The lowest BCUT2D eigenvalue weighted by atomic mass is 10.2. The number of ether oxygens (including phenoxy) is 1. The number of nitrogen functional groups attached to an aromatic ring is 1. The van der Waals surface area contributed by atoms with Gasteiger partial charge in [-0.05, 0) is 48.2 Å². The van der Waals surface area contributed by atoms with Gasteiger partial charge in [0.25, 0.3) is 0 Å². The number of benzene rings is 2. The molecule has 4 heterocycles. The predicted octanol–water partition coefficient (Wildman–Crippen LogP) is 4.77. The minimum absolute atomic E-state index is 0.549. The number of anilines is 3. The monoisotopic (exact) mass is 497 g/mol. The summed E-state index contributed by atoms with van der Waals surface area (Å²) >= 11 is 1.64. The van der Waals surface area contributed by atoms with Crippen molar-refractivity contribution >= 4 is 39.8 Å². The highest BCUT2D eigenvalue weighted by Crippen LogP contribution is 2.36. The van der Waals surface area contributed by atoms with Crippen LogP contribution in [0.15, 0.2) is 66.0 Å². The molecule has 0 aliphatic carbocycles. The first-order chi connectivity index (χ1) is 17.6. The molecule has 0 saturated carbocycles. The molecule has 0 atom stereocenters. The van der Waals surface area contributed by atoms with E-state index in [2.05, 4.69) is 52.4 Å². The van der Waals surface area contributed by atoms with Crippen LogP contribution in [0.5, 0.6) is 5.75 Å².